The molecule has 1 aromatic carbocycles. The molecule has 1 aromatic heterocycles. The van der Waals surface area contributed by atoms with Crippen LogP contribution in [0.3, 0.4) is 0 Å². The Morgan fingerprint density at radius 3 is 2.90 bits per heavy atom. The fourth-order valence-electron chi connectivity index (χ4n) is 2.96. The molecular weight excluding hydrogens is 434 g/mol. The highest BCUT2D eigenvalue weighted by Crippen LogP contribution is 2.14. The van der Waals surface area contributed by atoms with Crippen LogP contribution in [0.25, 0.3) is 17.1 Å². The second kappa shape index (κ2) is 8.67. The van der Waals surface area contributed by atoms with Gasteiger partial charge < -0.3 is 16.2 Å². The van der Waals surface area contributed by atoms with E-state index in [1.54, 1.807) is 36.5 Å². The quantitative estimate of drug-likeness (QED) is 0.306. The highest BCUT2D eigenvalue weighted by molar-refractivity contribution is 7.89. The van der Waals surface area contributed by atoms with Gasteiger partial charge in [-0.3, -0.25) is 4.79 Å². The van der Waals surface area contributed by atoms with Crippen LogP contribution >= 0.6 is 11.6 Å². The molecule has 8 heteroatoms. The summed E-state index contributed by atoms with van der Waals surface area (Å²) in [7, 11) is 0. The Morgan fingerprint density at radius 2 is 2.19 bits per heavy atom. The smallest absolute Gasteiger partial charge is 0.379 e. The summed E-state index contributed by atoms with van der Waals surface area (Å²) in [6.07, 6.45) is 10.1. The monoisotopic (exact) mass is 450 g/mol. The molecule has 3 N–H and O–H groups in total. The van der Waals surface area contributed by atoms with Crippen LogP contribution in [-0.4, -0.2) is 22.3 Å². The lowest BCUT2D eigenvalue weighted by Crippen LogP contribution is -2.22. The minimum atomic E-state index is -0.270. The first-order chi connectivity index (χ1) is 14.9. The van der Waals surface area contributed by atoms with E-state index >= 15 is 0 Å². The number of anilines is 1. The summed E-state index contributed by atoms with van der Waals surface area (Å²) >= 11 is 7.76. The standard InChI is InChI=1S/C23H16ClN3O3S/c1-13(28)19-4-5-20(31-19)15-8-16-9-17(30-23(16)18(24)10-15)12-27-22(29)7-3-14-2-6-21(25)26-11-14/h2-11H,1,12H2,(H2-2,25,26,27,28,29)/p+1/b20-15-. The number of carbonyl (C=O) groups is 1. The number of hydrogen-bond acceptors (Lipinski definition) is 4. The molecule has 2 aromatic rings. The Kier molecular flexibility index (Phi) is 5.79. The summed E-state index contributed by atoms with van der Waals surface area (Å²) in [6, 6.07) is 7.17. The van der Waals surface area contributed by atoms with Gasteiger partial charge in [0.05, 0.1) is 11.6 Å². The number of nitrogen functional groups attached to an aromatic ring is 1. The van der Waals surface area contributed by atoms with Crippen LogP contribution in [0.5, 0.6) is 0 Å². The normalized spacial score (nSPS) is 16.0. The van der Waals surface area contributed by atoms with E-state index < -0.39 is 0 Å². The summed E-state index contributed by atoms with van der Waals surface area (Å²) in [5, 5.41) is 15.6. The highest BCUT2D eigenvalue weighted by atomic mass is 35.5. The number of nitrogens with one attached hydrogen (secondary N) is 1. The van der Waals surface area contributed by atoms with Crippen LogP contribution in [0.4, 0.5) is 5.82 Å². The molecule has 31 heavy (non-hydrogen) atoms. The molecule has 0 aliphatic carbocycles. The molecule has 1 amide bonds. The molecule has 0 radical (unpaired) electrons. The molecule has 4 rings (SSSR count). The van der Waals surface area contributed by atoms with Gasteiger partial charge in [0.25, 0.3) is 0 Å². The number of allylic oxidation sites excluding steroid dienone is 1. The number of amides is 1. The Hall–Kier alpha value is -3.55. The van der Waals surface area contributed by atoms with Crippen molar-refractivity contribution in [1.82, 2.24) is 10.3 Å². The van der Waals surface area contributed by atoms with Crippen LogP contribution in [0.15, 0.2) is 71.2 Å². The molecule has 0 bridgehead atoms. The van der Waals surface area contributed by atoms with Gasteiger partial charge in [0.2, 0.25) is 27.0 Å². The number of hydrogen-bond donors (Lipinski definition) is 2. The fraction of sp³-hybridized carbons (Fsp3) is 0.0435. The summed E-state index contributed by atoms with van der Waals surface area (Å²) < 4.78 is 5.80. The number of fused-ring (bicyclic) bond motifs is 1. The summed E-state index contributed by atoms with van der Waals surface area (Å²) in [5.74, 6) is 0.507. The van der Waals surface area contributed by atoms with Gasteiger partial charge in [-0.2, -0.15) is 0 Å². The largest absolute Gasteiger partial charge is 0.869 e. The van der Waals surface area contributed by atoms with Gasteiger partial charge in [0.1, 0.15) is 17.4 Å². The third-order valence-electron chi connectivity index (χ3n) is 4.46. The molecule has 0 spiro atoms. The van der Waals surface area contributed by atoms with Gasteiger partial charge in [-0.05, 0) is 41.7 Å². The molecule has 0 unspecified atom stereocenters. The van der Waals surface area contributed by atoms with Crippen molar-refractivity contribution in [2.75, 3.05) is 12.3 Å². The summed E-state index contributed by atoms with van der Waals surface area (Å²) in [5.41, 5.74) is 7.67. The number of rotatable bonds is 5. The lowest BCUT2D eigenvalue weighted by Gasteiger charge is -1.96. The van der Waals surface area contributed by atoms with Crippen molar-refractivity contribution in [2.45, 2.75) is 0 Å². The molecule has 0 saturated carbocycles. The van der Waals surface area contributed by atoms with E-state index in [1.807, 2.05) is 18.2 Å². The van der Waals surface area contributed by atoms with Crippen molar-refractivity contribution in [3.8, 4) is 0 Å². The number of carbonyl (C=O) groups excluding carboxylic acids is 1. The molecular formula is C23H17ClN3O3S+. The van der Waals surface area contributed by atoms with Crippen LogP contribution in [0, 0.1) is 0 Å². The third kappa shape index (κ3) is 4.79. The number of pyridine rings is 1. The number of benzene rings is 1. The van der Waals surface area contributed by atoms with Gasteiger partial charge in [-0.1, -0.05) is 11.6 Å². The van der Waals surface area contributed by atoms with Crippen molar-refractivity contribution < 1.29 is 9.90 Å². The maximum atomic E-state index is 12.1. The van der Waals surface area contributed by atoms with Gasteiger partial charge in [0.15, 0.2) is 0 Å². The van der Waals surface area contributed by atoms with Gasteiger partial charge >= 0.3 is 11.2 Å². The zero-order chi connectivity index (χ0) is 22.0. The number of nitrogens with two attached hydrogens (primary N) is 1. The van der Waals surface area contributed by atoms with E-state index in [-0.39, 0.29) is 18.2 Å². The van der Waals surface area contributed by atoms with Crippen LogP contribution in [-0.2, 0) is 16.1 Å². The molecule has 0 atom stereocenters. The van der Waals surface area contributed by atoms with Gasteiger partial charge in [-0.15, -0.1) is 6.58 Å². The Morgan fingerprint density at radius 1 is 1.35 bits per heavy atom. The minimum absolute atomic E-state index is 0.211. The Balaban J connectivity index is 1.48. The molecule has 2 aliphatic heterocycles. The van der Waals surface area contributed by atoms with Crippen molar-refractivity contribution in [3.63, 3.8) is 0 Å². The zero-order valence-electron chi connectivity index (χ0n) is 16.2. The van der Waals surface area contributed by atoms with E-state index in [9.17, 15) is 9.90 Å². The molecule has 3 heterocycles. The first-order valence-electron chi connectivity index (χ1n) is 9.25. The summed E-state index contributed by atoms with van der Waals surface area (Å²) in [6.45, 7) is 3.65. The van der Waals surface area contributed by atoms with Crippen LogP contribution in [0.1, 0.15) is 11.1 Å². The van der Waals surface area contributed by atoms with Crippen molar-refractivity contribution in [1.29, 1.82) is 0 Å². The van der Waals surface area contributed by atoms with E-state index in [4.69, 9.17) is 21.8 Å². The second-order valence-corrected chi connectivity index (χ2v) is 8.23. The average molecular weight is 451 g/mol. The van der Waals surface area contributed by atoms with Crippen LogP contribution < -0.4 is 26.8 Å². The predicted molar refractivity (Wildman–Crippen MR) is 126 cm³/mol. The zero-order valence-corrected chi connectivity index (χ0v) is 17.8. The Labute approximate surface area is 187 Å². The highest BCUT2D eigenvalue weighted by Gasteiger charge is 2.25. The molecule has 0 fully saturated rings. The Bertz CT molecular complexity index is 1340. The molecule has 0 saturated heterocycles. The molecule has 6 nitrogen and oxygen atoms in total. The van der Waals surface area contributed by atoms with E-state index in [0.717, 1.165) is 21.3 Å². The first kappa shape index (κ1) is 20.7. The fourth-order valence-corrected chi connectivity index (χ4v) is 4.08. The number of nitrogens with zero attached hydrogens (tertiary/aromatic N) is 1. The lowest BCUT2D eigenvalue weighted by molar-refractivity contribution is -0.288. The van der Waals surface area contributed by atoms with Crippen LogP contribution in [0.2, 0.25) is 5.02 Å². The number of halogens is 1. The molecule has 2 aliphatic rings. The summed E-state index contributed by atoms with van der Waals surface area (Å²) in [4.78, 5) is 17.6. The van der Waals surface area contributed by atoms with E-state index in [2.05, 4.69) is 16.9 Å². The topological polar surface area (TPSA) is 102 Å². The number of aromatic nitrogens is 1. The second-order valence-electron chi connectivity index (χ2n) is 6.74. The van der Waals surface area contributed by atoms with E-state index in [1.165, 1.54) is 17.4 Å². The van der Waals surface area contributed by atoms with Crippen molar-refractivity contribution in [2.24, 2.45) is 0 Å². The van der Waals surface area contributed by atoms with Gasteiger partial charge in [-0.25, -0.2) is 9.41 Å². The van der Waals surface area contributed by atoms with Gasteiger partial charge in [0, 0.05) is 29.6 Å². The average Bonchev–Trinajstić information content (AvgIpc) is 3.39. The third-order valence-corrected chi connectivity index (χ3v) is 5.92. The predicted octanol–water partition coefficient (Wildman–Crippen LogP) is 0.923. The van der Waals surface area contributed by atoms with E-state index in [0.29, 0.717) is 26.9 Å². The lowest BCUT2D eigenvalue weighted by atomic mass is 10.1. The first-order valence-corrected chi connectivity index (χ1v) is 10.4. The molecule has 154 valence electrons. The minimum Gasteiger partial charge on any atom is -0.869 e. The maximum absolute atomic E-state index is 12.1. The van der Waals surface area contributed by atoms with Crippen molar-refractivity contribution in [3.05, 3.63) is 98.0 Å². The van der Waals surface area contributed by atoms with Crippen molar-refractivity contribution >= 4 is 56.6 Å². The maximum Gasteiger partial charge on any atom is 0.379 e. The SMILES string of the molecule is C=C([O-])C1=[S+]/C(=c2\cc(Cl)c3c(c2)C=C(CNC(=O)/C=C/c2ccc(N)nc2)[O+]=3)C=C1.